The third-order valence-electron chi connectivity index (χ3n) is 5.39. The van der Waals surface area contributed by atoms with Gasteiger partial charge in [-0.25, -0.2) is 18.4 Å². The summed E-state index contributed by atoms with van der Waals surface area (Å²) in [5, 5.41) is 2.36. The van der Waals surface area contributed by atoms with Crippen LogP contribution in [0.1, 0.15) is 38.3 Å². The van der Waals surface area contributed by atoms with Gasteiger partial charge in [0.25, 0.3) is 0 Å². The molecule has 1 saturated carbocycles. The van der Waals surface area contributed by atoms with Gasteiger partial charge in [0.05, 0.1) is 47.7 Å². The van der Waals surface area contributed by atoms with Gasteiger partial charge in [0.1, 0.15) is 5.82 Å². The highest BCUT2D eigenvalue weighted by molar-refractivity contribution is 7.93. The number of anilines is 2. The van der Waals surface area contributed by atoms with E-state index in [1.54, 1.807) is 36.7 Å². The first-order valence-corrected chi connectivity index (χ1v) is 12.7. The number of pyridine rings is 2. The Hall–Kier alpha value is -3.60. The first-order chi connectivity index (χ1) is 16.4. The lowest BCUT2D eigenvalue weighted by atomic mass is 10.2. The van der Waals surface area contributed by atoms with E-state index in [0.29, 0.717) is 48.2 Å². The molecule has 0 aromatic carbocycles. The maximum absolute atomic E-state index is 12.5. The second-order valence-electron chi connectivity index (χ2n) is 7.92. The highest BCUT2D eigenvalue weighted by atomic mass is 32.2. The van der Waals surface area contributed by atoms with Crippen molar-refractivity contribution >= 4 is 27.4 Å². The predicted molar refractivity (Wildman–Crippen MR) is 128 cm³/mol. The molecule has 11 heteroatoms. The second-order valence-corrected chi connectivity index (χ2v) is 9.88. The zero-order valence-electron chi connectivity index (χ0n) is 18.8. The largest absolute Gasteiger partial charge is 0.477 e. The van der Waals surface area contributed by atoms with Crippen LogP contribution in [0.25, 0.3) is 11.3 Å². The number of aromatic nitrogens is 4. The molecule has 3 aromatic rings. The summed E-state index contributed by atoms with van der Waals surface area (Å²) in [6, 6.07) is 6.60. The van der Waals surface area contributed by atoms with Crippen LogP contribution in [-0.4, -0.2) is 46.1 Å². The average molecular weight is 483 g/mol. The number of rotatable bonds is 9. The molecule has 4 rings (SSSR count). The molecule has 0 aliphatic heterocycles. The van der Waals surface area contributed by atoms with Crippen molar-refractivity contribution in [2.45, 2.75) is 44.3 Å². The summed E-state index contributed by atoms with van der Waals surface area (Å²) in [6.45, 7) is 2.36. The third kappa shape index (κ3) is 6.04. The van der Waals surface area contributed by atoms with Crippen LogP contribution in [0, 0.1) is 0 Å². The van der Waals surface area contributed by atoms with Gasteiger partial charge in [-0.1, -0.05) is 12.8 Å². The van der Waals surface area contributed by atoms with E-state index in [9.17, 15) is 13.2 Å². The summed E-state index contributed by atoms with van der Waals surface area (Å²) < 4.78 is 33.0. The molecule has 1 aliphatic carbocycles. The number of carbonyl (C=O) groups excluding carboxylic acids is 1. The number of nitrogens with one attached hydrogen (secondary N) is 2. The summed E-state index contributed by atoms with van der Waals surface area (Å²) in [4.78, 5) is 29.4. The van der Waals surface area contributed by atoms with Gasteiger partial charge in [-0.3, -0.25) is 19.5 Å². The summed E-state index contributed by atoms with van der Waals surface area (Å²) in [7, 11) is -3.45. The van der Waals surface area contributed by atoms with E-state index in [-0.39, 0.29) is 17.6 Å². The summed E-state index contributed by atoms with van der Waals surface area (Å²) >= 11 is 0. The van der Waals surface area contributed by atoms with Crippen LogP contribution in [0.5, 0.6) is 5.88 Å². The van der Waals surface area contributed by atoms with E-state index in [1.165, 1.54) is 12.4 Å². The maximum Gasteiger partial charge on any atom is 0.235 e. The van der Waals surface area contributed by atoms with E-state index in [2.05, 4.69) is 30.0 Å². The normalized spacial score (nSPS) is 14.0. The molecule has 1 fully saturated rings. The van der Waals surface area contributed by atoms with Gasteiger partial charge in [-0.2, -0.15) is 0 Å². The molecule has 0 saturated heterocycles. The molecule has 0 spiro atoms. The Morgan fingerprint density at radius 1 is 1.12 bits per heavy atom. The SMILES string of the molecule is CCOc1cncc(-c2ccc(NC(=O)Cc3cc(NS(=O)(=O)C4CCCC4)ccn3)nc2)n1. The second kappa shape index (κ2) is 10.6. The third-order valence-corrected chi connectivity index (χ3v) is 7.26. The lowest BCUT2D eigenvalue weighted by molar-refractivity contribution is -0.115. The maximum atomic E-state index is 12.5. The van der Waals surface area contributed by atoms with Crippen molar-refractivity contribution in [3.8, 4) is 17.1 Å². The fraction of sp³-hybridized carbons (Fsp3) is 0.348. The van der Waals surface area contributed by atoms with E-state index in [4.69, 9.17) is 4.74 Å². The van der Waals surface area contributed by atoms with E-state index < -0.39 is 10.0 Å². The van der Waals surface area contributed by atoms with Gasteiger partial charge in [0.15, 0.2) is 0 Å². The van der Waals surface area contributed by atoms with Crippen LogP contribution in [0.15, 0.2) is 49.1 Å². The number of hydrogen-bond acceptors (Lipinski definition) is 8. The topological polar surface area (TPSA) is 136 Å². The molecule has 10 nitrogen and oxygen atoms in total. The lowest BCUT2D eigenvalue weighted by Gasteiger charge is -2.13. The van der Waals surface area contributed by atoms with E-state index >= 15 is 0 Å². The molecule has 178 valence electrons. The zero-order valence-corrected chi connectivity index (χ0v) is 19.6. The minimum absolute atomic E-state index is 0.0235. The van der Waals surface area contributed by atoms with Crippen molar-refractivity contribution < 1.29 is 17.9 Å². The summed E-state index contributed by atoms with van der Waals surface area (Å²) in [5.41, 5.74) is 2.19. The molecule has 3 heterocycles. The van der Waals surface area contributed by atoms with Gasteiger partial charge in [0.2, 0.25) is 21.8 Å². The van der Waals surface area contributed by atoms with Crippen molar-refractivity contribution in [3.63, 3.8) is 0 Å². The Morgan fingerprint density at radius 3 is 2.68 bits per heavy atom. The van der Waals surface area contributed by atoms with Crippen LogP contribution >= 0.6 is 0 Å². The molecule has 34 heavy (non-hydrogen) atoms. The first-order valence-electron chi connectivity index (χ1n) is 11.1. The van der Waals surface area contributed by atoms with Crippen LogP contribution in [0.3, 0.4) is 0 Å². The smallest absolute Gasteiger partial charge is 0.235 e. The average Bonchev–Trinajstić information content (AvgIpc) is 3.36. The van der Waals surface area contributed by atoms with Crippen molar-refractivity contribution in [2.24, 2.45) is 0 Å². The Labute approximate surface area is 198 Å². The van der Waals surface area contributed by atoms with Crippen LogP contribution in [-0.2, 0) is 21.2 Å². The summed E-state index contributed by atoms with van der Waals surface area (Å²) in [6.07, 6.45) is 9.40. The monoisotopic (exact) mass is 482 g/mol. The van der Waals surface area contributed by atoms with Crippen molar-refractivity contribution in [1.82, 2.24) is 19.9 Å². The number of sulfonamides is 1. The first kappa shape index (κ1) is 23.6. The molecular formula is C23H26N6O4S. The van der Waals surface area contributed by atoms with Gasteiger partial charge < -0.3 is 10.1 Å². The van der Waals surface area contributed by atoms with Crippen LogP contribution < -0.4 is 14.8 Å². The Balaban J connectivity index is 1.36. The number of nitrogens with zero attached hydrogens (tertiary/aromatic N) is 4. The molecule has 3 aromatic heterocycles. The zero-order chi connectivity index (χ0) is 24.0. The van der Waals surface area contributed by atoms with Gasteiger partial charge in [-0.15, -0.1) is 0 Å². The Morgan fingerprint density at radius 2 is 1.94 bits per heavy atom. The number of hydrogen-bond donors (Lipinski definition) is 2. The van der Waals surface area contributed by atoms with Gasteiger partial charge in [-0.05, 0) is 44.0 Å². The minimum atomic E-state index is -3.45. The van der Waals surface area contributed by atoms with Crippen LogP contribution in [0.4, 0.5) is 11.5 Å². The lowest BCUT2D eigenvalue weighted by Crippen LogP contribution is -2.25. The molecule has 1 aliphatic rings. The summed E-state index contributed by atoms with van der Waals surface area (Å²) in [5.74, 6) is 0.486. The minimum Gasteiger partial charge on any atom is -0.477 e. The quantitative estimate of drug-likeness (QED) is 0.474. The fourth-order valence-corrected chi connectivity index (χ4v) is 5.34. The number of carbonyl (C=O) groups is 1. The van der Waals surface area contributed by atoms with Crippen molar-refractivity contribution in [3.05, 3.63) is 54.7 Å². The number of amides is 1. The van der Waals surface area contributed by atoms with E-state index in [1.807, 2.05) is 6.92 Å². The van der Waals surface area contributed by atoms with Gasteiger partial charge >= 0.3 is 0 Å². The van der Waals surface area contributed by atoms with E-state index in [0.717, 1.165) is 18.4 Å². The highest BCUT2D eigenvalue weighted by Gasteiger charge is 2.28. The van der Waals surface area contributed by atoms with Crippen molar-refractivity contribution in [2.75, 3.05) is 16.6 Å². The molecule has 0 bridgehead atoms. The number of ether oxygens (including phenoxy) is 1. The standard InChI is InChI=1S/C23H26N6O4S/c1-2-33-23-15-24-14-20(27-23)16-7-8-21(26-13-16)28-22(30)12-18-11-17(9-10-25-18)29-34(31,32)19-5-3-4-6-19/h7-11,13-15,19H,2-6,12H2,1H3,(H,25,29)(H,26,28,30). The predicted octanol–water partition coefficient (Wildman–Crippen LogP) is 3.20. The van der Waals surface area contributed by atoms with Gasteiger partial charge in [0, 0.05) is 18.0 Å². The Bertz CT molecular complexity index is 1240. The molecule has 0 atom stereocenters. The van der Waals surface area contributed by atoms with Crippen LogP contribution in [0.2, 0.25) is 0 Å². The molecule has 0 unspecified atom stereocenters. The Kier molecular flexibility index (Phi) is 7.31. The molecule has 1 amide bonds. The highest BCUT2D eigenvalue weighted by Crippen LogP contribution is 2.26. The molecule has 2 N–H and O–H groups in total. The van der Waals surface area contributed by atoms with Crippen molar-refractivity contribution in [1.29, 1.82) is 0 Å². The molecular weight excluding hydrogens is 456 g/mol. The molecule has 0 radical (unpaired) electrons. The fourth-order valence-electron chi connectivity index (χ4n) is 3.76.